The summed E-state index contributed by atoms with van der Waals surface area (Å²) in [7, 11) is 0. The number of hydrogen-bond acceptors (Lipinski definition) is 3. The van der Waals surface area contributed by atoms with Crippen LogP contribution in [0.2, 0.25) is 5.02 Å². The Bertz CT molecular complexity index is 450. The molecule has 1 heterocycles. The lowest BCUT2D eigenvalue weighted by Gasteiger charge is -2.07. The summed E-state index contributed by atoms with van der Waals surface area (Å²) < 4.78 is 0. The largest absolute Gasteiger partial charge is 0.356 e. The molecule has 0 aliphatic carbocycles. The predicted molar refractivity (Wildman–Crippen MR) is 76.3 cm³/mol. The molecule has 19 heavy (non-hydrogen) atoms. The number of nitrogens with two attached hydrogens (primary N) is 1. The molecule has 6 nitrogen and oxygen atoms in total. The van der Waals surface area contributed by atoms with Crippen LogP contribution < -0.4 is 16.4 Å². The van der Waals surface area contributed by atoms with E-state index in [1.807, 2.05) is 13.0 Å². The van der Waals surface area contributed by atoms with Gasteiger partial charge in [0.25, 0.3) is 0 Å². The molecule has 7 heteroatoms. The molecule has 0 aromatic carbocycles. The van der Waals surface area contributed by atoms with Gasteiger partial charge in [0, 0.05) is 19.3 Å². The first-order valence-electron chi connectivity index (χ1n) is 6.07. The number of pyridine rings is 1. The molecular weight excluding hydrogens is 266 g/mol. The van der Waals surface area contributed by atoms with Gasteiger partial charge in [0.2, 0.25) is 0 Å². The van der Waals surface area contributed by atoms with Crippen LogP contribution in [0.4, 0.5) is 4.79 Å². The molecule has 1 rings (SSSR count). The molecule has 0 aliphatic rings. The Labute approximate surface area is 117 Å². The van der Waals surface area contributed by atoms with E-state index in [0.717, 1.165) is 18.5 Å². The number of aryl methyl sites for hydroxylation is 1. The van der Waals surface area contributed by atoms with Gasteiger partial charge in [0.15, 0.2) is 5.96 Å². The zero-order chi connectivity index (χ0) is 14.1. The number of nitrogens with zero attached hydrogens (tertiary/aromatic N) is 2. The first-order valence-corrected chi connectivity index (χ1v) is 6.45. The fraction of sp³-hybridized carbons (Fsp3) is 0.417. The molecule has 0 saturated heterocycles. The van der Waals surface area contributed by atoms with Gasteiger partial charge in [-0.05, 0) is 31.9 Å². The Hall–Kier alpha value is -1.82. The van der Waals surface area contributed by atoms with Crippen molar-refractivity contribution in [2.45, 2.75) is 19.8 Å². The minimum absolute atomic E-state index is 0.391. The number of guanidine groups is 1. The van der Waals surface area contributed by atoms with E-state index >= 15 is 0 Å². The number of rotatable bonds is 5. The van der Waals surface area contributed by atoms with Crippen LogP contribution in [0.25, 0.3) is 0 Å². The Balaban J connectivity index is 2.42. The second kappa shape index (κ2) is 8.31. The topological polar surface area (TPSA) is 92.4 Å². The molecule has 0 saturated carbocycles. The van der Waals surface area contributed by atoms with Gasteiger partial charge < -0.3 is 11.1 Å². The number of carbonyl (C=O) groups excluding carboxylic acids is 1. The molecular formula is C12H18ClN5O. The third-order valence-electron chi connectivity index (χ3n) is 2.26. The van der Waals surface area contributed by atoms with Crippen LogP contribution in [0.15, 0.2) is 23.3 Å². The van der Waals surface area contributed by atoms with Crippen molar-refractivity contribution < 1.29 is 4.79 Å². The molecule has 0 atom stereocenters. The van der Waals surface area contributed by atoms with Crippen LogP contribution in [-0.4, -0.2) is 30.1 Å². The molecule has 0 aliphatic heterocycles. The highest BCUT2D eigenvalue weighted by Gasteiger charge is 2.02. The molecule has 104 valence electrons. The van der Waals surface area contributed by atoms with Gasteiger partial charge in [0.05, 0.1) is 10.7 Å². The minimum atomic E-state index is -0.632. The van der Waals surface area contributed by atoms with E-state index in [9.17, 15) is 4.79 Å². The van der Waals surface area contributed by atoms with E-state index in [0.29, 0.717) is 24.1 Å². The van der Waals surface area contributed by atoms with Crippen molar-refractivity contribution >= 4 is 23.6 Å². The Morgan fingerprint density at radius 2 is 2.37 bits per heavy atom. The van der Waals surface area contributed by atoms with Crippen LogP contribution >= 0.6 is 11.6 Å². The van der Waals surface area contributed by atoms with E-state index in [1.54, 1.807) is 12.3 Å². The number of aromatic nitrogens is 1. The molecule has 0 unspecified atom stereocenters. The van der Waals surface area contributed by atoms with Crippen molar-refractivity contribution in [1.29, 1.82) is 0 Å². The Kier molecular flexibility index (Phi) is 6.67. The van der Waals surface area contributed by atoms with Crippen molar-refractivity contribution in [3.05, 3.63) is 29.0 Å². The Morgan fingerprint density at radius 1 is 1.58 bits per heavy atom. The predicted octanol–water partition coefficient (Wildman–Crippen LogP) is 1.30. The van der Waals surface area contributed by atoms with Crippen molar-refractivity contribution in [2.75, 3.05) is 13.1 Å². The van der Waals surface area contributed by atoms with Gasteiger partial charge in [0.1, 0.15) is 0 Å². The number of primary amides is 1. The van der Waals surface area contributed by atoms with Crippen molar-refractivity contribution in [3.8, 4) is 0 Å². The monoisotopic (exact) mass is 283 g/mol. The van der Waals surface area contributed by atoms with Gasteiger partial charge in [-0.25, -0.2) is 4.79 Å². The lowest BCUT2D eigenvalue weighted by Crippen LogP contribution is -2.43. The average molecular weight is 284 g/mol. The maximum atomic E-state index is 10.7. The van der Waals surface area contributed by atoms with Gasteiger partial charge in [-0.1, -0.05) is 11.6 Å². The highest BCUT2D eigenvalue weighted by molar-refractivity contribution is 6.31. The van der Waals surface area contributed by atoms with Crippen LogP contribution in [0.3, 0.4) is 0 Å². The SMILES string of the molecule is CCNC(=NCCCc1ncccc1Cl)NC(N)=O. The first kappa shape index (κ1) is 15.2. The zero-order valence-corrected chi connectivity index (χ0v) is 11.6. The molecule has 4 N–H and O–H groups in total. The summed E-state index contributed by atoms with van der Waals surface area (Å²) >= 11 is 6.00. The minimum Gasteiger partial charge on any atom is -0.356 e. The molecule has 1 aromatic heterocycles. The summed E-state index contributed by atoms with van der Waals surface area (Å²) in [4.78, 5) is 19.2. The lowest BCUT2D eigenvalue weighted by atomic mass is 10.2. The normalized spacial score (nSPS) is 11.2. The highest BCUT2D eigenvalue weighted by atomic mass is 35.5. The van der Waals surface area contributed by atoms with Crippen molar-refractivity contribution in [2.24, 2.45) is 10.7 Å². The summed E-state index contributed by atoms with van der Waals surface area (Å²) in [6, 6.07) is 2.98. The molecule has 0 bridgehead atoms. The van der Waals surface area contributed by atoms with Gasteiger partial charge in [-0.3, -0.25) is 15.3 Å². The zero-order valence-electron chi connectivity index (χ0n) is 10.8. The maximum absolute atomic E-state index is 10.7. The van der Waals surface area contributed by atoms with Crippen LogP contribution in [-0.2, 0) is 6.42 Å². The maximum Gasteiger partial charge on any atom is 0.318 e. The third-order valence-corrected chi connectivity index (χ3v) is 2.61. The average Bonchev–Trinajstić information content (AvgIpc) is 2.36. The second-order valence-electron chi connectivity index (χ2n) is 3.79. The quantitative estimate of drug-likeness (QED) is 0.432. The van der Waals surface area contributed by atoms with E-state index in [4.69, 9.17) is 17.3 Å². The fourth-order valence-corrected chi connectivity index (χ4v) is 1.68. The number of aliphatic imine (C=N–C) groups is 1. The third kappa shape index (κ3) is 6.05. The van der Waals surface area contributed by atoms with Crippen LogP contribution in [0.5, 0.6) is 0 Å². The Morgan fingerprint density at radius 3 is 3.00 bits per heavy atom. The van der Waals surface area contributed by atoms with Crippen LogP contribution in [0, 0.1) is 0 Å². The molecule has 0 spiro atoms. The highest BCUT2D eigenvalue weighted by Crippen LogP contribution is 2.13. The van der Waals surface area contributed by atoms with E-state index < -0.39 is 6.03 Å². The summed E-state index contributed by atoms with van der Waals surface area (Å²) in [5, 5.41) is 6.01. The second-order valence-corrected chi connectivity index (χ2v) is 4.19. The number of carbonyl (C=O) groups is 1. The number of urea groups is 1. The first-order chi connectivity index (χ1) is 9.13. The summed E-state index contributed by atoms with van der Waals surface area (Å²) in [5.41, 5.74) is 5.89. The van der Waals surface area contributed by atoms with E-state index in [2.05, 4.69) is 20.6 Å². The molecule has 1 aromatic rings. The van der Waals surface area contributed by atoms with Crippen molar-refractivity contribution in [3.63, 3.8) is 0 Å². The smallest absolute Gasteiger partial charge is 0.318 e. The molecule has 0 radical (unpaired) electrons. The number of nitrogens with one attached hydrogen (secondary N) is 2. The summed E-state index contributed by atoms with van der Waals surface area (Å²) in [6.07, 6.45) is 3.23. The summed E-state index contributed by atoms with van der Waals surface area (Å²) in [5.74, 6) is 0.391. The number of halogens is 1. The van der Waals surface area contributed by atoms with E-state index in [-0.39, 0.29) is 0 Å². The van der Waals surface area contributed by atoms with Gasteiger partial charge >= 0.3 is 6.03 Å². The van der Waals surface area contributed by atoms with Gasteiger partial charge in [-0.15, -0.1) is 0 Å². The molecule has 0 fully saturated rings. The standard InChI is InChI=1S/C12H18ClN5O/c1-2-15-12(18-11(14)19)17-8-4-6-10-9(13)5-3-7-16-10/h3,5,7H,2,4,6,8H2,1H3,(H4,14,15,17,18,19). The lowest BCUT2D eigenvalue weighted by molar-refractivity contribution is 0.253. The fourth-order valence-electron chi connectivity index (χ4n) is 1.46. The van der Waals surface area contributed by atoms with Gasteiger partial charge in [-0.2, -0.15) is 0 Å². The van der Waals surface area contributed by atoms with Crippen LogP contribution in [0.1, 0.15) is 19.0 Å². The number of hydrogen-bond donors (Lipinski definition) is 3. The molecule has 2 amide bonds. The van der Waals surface area contributed by atoms with E-state index in [1.165, 1.54) is 0 Å². The van der Waals surface area contributed by atoms with Crippen molar-refractivity contribution in [1.82, 2.24) is 15.6 Å². The summed E-state index contributed by atoms with van der Waals surface area (Å²) in [6.45, 7) is 3.12. The number of amides is 2.